The number of carbonyl (C=O) groups is 1. The molecule has 0 radical (unpaired) electrons. The SMILES string of the molecule is O=C(C1=C(c2cnc(NCc3cc(-c4c(F)ccc(F)c4Cl)no3)s2)C[C@@H]2CNC[C@H]1N2)N(Cc1cccc(Cl)c1Cl)C1CC1. The fraction of sp³-hybridized carbons (Fsp3) is 0.323. The number of carbonyl (C=O) groups excluding carboxylic acids is 1. The van der Waals surface area contributed by atoms with Gasteiger partial charge in [-0.05, 0) is 48.6 Å². The summed E-state index contributed by atoms with van der Waals surface area (Å²) in [7, 11) is 0. The Balaban J connectivity index is 1.14. The molecule has 14 heteroatoms. The van der Waals surface area contributed by atoms with Crippen LogP contribution in [-0.2, 0) is 17.9 Å². The van der Waals surface area contributed by atoms with Crippen molar-refractivity contribution >= 4 is 62.8 Å². The van der Waals surface area contributed by atoms with E-state index in [1.165, 1.54) is 17.4 Å². The molecule has 3 N–H and O–H groups in total. The van der Waals surface area contributed by atoms with Crippen molar-refractivity contribution in [3.8, 4) is 11.3 Å². The number of nitrogens with one attached hydrogen (secondary N) is 3. The standard InChI is InChI=1S/C31H27Cl3F2N6O2S/c32-20-3-1-2-15(28(20)33)14-42(17-4-5-17)30(43)26-19(8-16-10-37-12-24(26)40-16)25-13-39-31(45-25)38-11-18-9-23(41-44-18)27-21(35)6-7-22(36)29(27)34/h1-3,6-7,9,13,16-17,24,37,40H,4-5,8,10-12,14H2,(H,38,39)/t16-,24-/m1/s1. The summed E-state index contributed by atoms with van der Waals surface area (Å²) in [4.78, 5) is 21.8. The van der Waals surface area contributed by atoms with Crippen LogP contribution in [0.15, 0.2) is 52.7 Å². The van der Waals surface area contributed by atoms with Crippen LogP contribution in [0, 0.1) is 11.6 Å². The van der Waals surface area contributed by atoms with Gasteiger partial charge in [0.15, 0.2) is 10.9 Å². The summed E-state index contributed by atoms with van der Waals surface area (Å²) >= 11 is 20.2. The second kappa shape index (κ2) is 12.6. The molecule has 0 spiro atoms. The molecule has 1 aliphatic carbocycles. The highest BCUT2D eigenvalue weighted by atomic mass is 35.5. The first-order valence-electron chi connectivity index (χ1n) is 14.5. The Labute approximate surface area is 276 Å². The van der Waals surface area contributed by atoms with Gasteiger partial charge in [-0.3, -0.25) is 4.79 Å². The van der Waals surface area contributed by atoms with Gasteiger partial charge in [0, 0.05) is 49.6 Å². The molecule has 4 aromatic rings. The highest BCUT2D eigenvalue weighted by Gasteiger charge is 2.41. The maximum Gasteiger partial charge on any atom is 0.252 e. The normalized spacial score (nSPS) is 19.6. The summed E-state index contributed by atoms with van der Waals surface area (Å²) in [5.74, 6) is -1.07. The first-order chi connectivity index (χ1) is 21.8. The zero-order valence-corrected chi connectivity index (χ0v) is 26.8. The van der Waals surface area contributed by atoms with Crippen LogP contribution in [0.5, 0.6) is 0 Å². The zero-order chi connectivity index (χ0) is 31.2. The lowest BCUT2D eigenvalue weighted by atomic mass is 9.86. The number of thiazole rings is 1. The Hall–Kier alpha value is -3.06. The van der Waals surface area contributed by atoms with E-state index < -0.39 is 11.6 Å². The number of rotatable bonds is 9. The lowest BCUT2D eigenvalue weighted by Gasteiger charge is -2.40. The van der Waals surface area contributed by atoms with Crippen LogP contribution in [0.1, 0.15) is 35.5 Å². The Morgan fingerprint density at radius 2 is 1.93 bits per heavy atom. The molecule has 2 aliphatic heterocycles. The van der Waals surface area contributed by atoms with E-state index in [4.69, 9.17) is 39.3 Å². The van der Waals surface area contributed by atoms with Crippen LogP contribution in [0.4, 0.5) is 13.9 Å². The first kappa shape index (κ1) is 30.6. The number of halogens is 5. The van der Waals surface area contributed by atoms with E-state index >= 15 is 0 Å². The van der Waals surface area contributed by atoms with Crippen molar-refractivity contribution < 1.29 is 18.1 Å². The molecule has 4 heterocycles. The maximum atomic E-state index is 14.4. The molecular formula is C31H27Cl3F2N6O2S. The molecule has 1 saturated carbocycles. The lowest BCUT2D eigenvalue weighted by Crippen LogP contribution is -2.59. The van der Waals surface area contributed by atoms with Gasteiger partial charge in [-0.2, -0.15) is 0 Å². The zero-order valence-electron chi connectivity index (χ0n) is 23.7. The van der Waals surface area contributed by atoms with Crippen molar-refractivity contribution in [2.45, 2.75) is 50.5 Å². The van der Waals surface area contributed by atoms with E-state index in [0.717, 1.165) is 53.1 Å². The van der Waals surface area contributed by atoms with Gasteiger partial charge in [-0.1, -0.05) is 63.4 Å². The monoisotopic (exact) mass is 690 g/mol. The third-order valence-electron chi connectivity index (χ3n) is 8.23. The van der Waals surface area contributed by atoms with E-state index in [-0.39, 0.29) is 46.9 Å². The molecule has 0 unspecified atom stereocenters. The van der Waals surface area contributed by atoms with Crippen molar-refractivity contribution in [3.05, 3.63) is 91.1 Å². The van der Waals surface area contributed by atoms with E-state index in [2.05, 4.69) is 26.1 Å². The predicted octanol–water partition coefficient (Wildman–Crippen LogP) is 6.93. The van der Waals surface area contributed by atoms with E-state index in [0.29, 0.717) is 40.4 Å². The molecule has 1 amide bonds. The van der Waals surface area contributed by atoms with Gasteiger partial charge in [0.2, 0.25) is 0 Å². The van der Waals surface area contributed by atoms with Gasteiger partial charge >= 0.3 is 0 Å². The third kappa shape index (κ3) is 6.22. The minimum atomic E-state index is -0.746. The number of anilines is 1. The molecule has 2 bridgehead atoms. The fourth-order valence-corrected chi connectivity index (χ4v) is 7.40. The molecule has 45 heavy (non-hydrogen) atoms. The Kier molecular flexibility index (Phi) is 8.58. The number of benzene rings is 2. The smallest absolute Gasteiger partial charge is 0.252 e. The minimum Gasteiger partial charge on any atom is -0.359 e. The second-order valence-electron chi connectivity index (χ2n) is 11.3. The number of fused-ring (bicyclic) bond motifs is 2. The van der Waals surface area contributed by atoms with E-state index in [1.807, 2.05) is 17.0 Å². The van der Waals surface area contributed by atoms with Crippen LogP contribution in [0.25, 0.3) is 16.8 Å². The van der Waals surface area contributed by atoms with Crippen molar-refractivity contribution in [1.29, 1.82) is 0 Å². The molecular weight excluding hydrogens is 665 g/mol. The van der Waals surface area contributed by atoms with Gasteiger partial charge in [-0.25, -0.2) is 13.8 Å². The van der Waals surface area contributed by atoms with Crippen molar-refractivity contribution in [2.75, 3.05) is 18.4 Å². The Morgan fingerprint density at radius 1 is 1.11 bits per heavy atom. The number of hydrogen-bond acceptors (Lipinski definition) is 8. The summed E-state index contributed by atoms with van der Waals surface area (Å²) in [5, 5.41) is 15.4. The molecule has 3 aliphatic rings. The van der Waals surface area contributed by atoms with Crippen molar-refractivity contribution in [2.24, 2.45) is 0 Å². The fourth-order valence-electron chi connectivity index (χ4n) is 5.89. The van der Waals surface area contributed by atoms with Crippen molar-refractivity contribution in [1.82, 2.24) is 25.7 Å². The van der Waals surface area contributed by atoms with Gasteiger partial charge < -0.3 is 25.4 Å². The van der Waals surface area contributed by atoms with Gasteiger partial charge in [0.05, 0.1) is 38.1 Å². The molecule has 2 aromatic heterocycles. The second-order valence-corrected chi connectivity index (χ2v) is 13.5. The quantitative estimate of drug-likeness (QED) is 0.164. The molecule has 1 saturated heterocycles. The van der Waals surface area contributed by atoms with Crippen molar-refractivity contribution in [3.63, 3.8) is 0 Å². The Bertz CT molecular complexity index is 1810. The van der Waals surface area contributed by atoms with Crippen LogP contribution < -0.4 is 16.0 Å². The lowest BCUT2D eigenvalue weighted by molar-refractivity contribution is -0.128. The number of amides is 1. The van der Waals surface area contributed by atoms with Crippen LogP contribution >= 0.6 is 46.1 Å². The number of nitrogens with zero attached hydrogens (tertiary/aromatic N) is 3. The first-order valence-corrected chi connectivity index (χ1v) is 16.4. The summed E-state index contributed by atoms with van der Waals surface area (Å²) in [6.45, 7) is 2.03. The molecule has 2 fully saturated rings. The molecule has 2 aromatic carbocycles. The molecule has 2 atom stereocenters. The van der Waals surface area contributed by atoms with Crippen LogP contribution in [0.3, 0.4) is 0 Å². The minimum absolute atomic E-state index is 0.0106. The largest absolute Gasteiger partial charge is 0.359 e. The van der Waals surface area contributed by atoms with Crippen LogP contribution in [0.2, 0.25) is 15.1 Å². The highest BCUT2D eigenvalue weighted by molar-refractivity contribution is 7.16. The molecule has 7 rings (SSSR count). The maximum absolute atomic E-state index is 14.4. The topological polar surface area (TPSA) is 95.3 Å². The highest BCUT2D eigenvalue weighted by Crippen LogP contribution is 2.40. The van der Waals surface area contributed by atoms with E-state index in [9.17, 15) is 13.6 Å². The summed E-state index contributed by atoms with van der Waals surface area (Å²) < 4.78 is 33.6. The molecule has 234 valence electrons. The average molecular weight is 692 g/mol. The summed E-state index contributed by atoms with van der Waals surface area (Å²) in [5.41, 5.74) is 2.49. The van der Waals surface area contributed by atoms with E-state index in [1.54, 1.807) is 12.3 Å². The van der Waals surface area contributed by atoms with Gasteiger partial charge in [0.25, 0.3) is 5.91 Å². The average Bonchev–Trinajstić information content (AvgIpc) is 3.57. The number of aromatic nitrogens is 2. The summed E-state index contributed by atoms with van der Waals surface area (Å²) in [6.07, 6.45) is 4.35. The summed E-state index contributed by atoms with van der Waals surface area (Å²) in [6, 6.07) is 9.16. The number of hydrogen-bond donors (Lipinski definition) is 3. The Morgan fingerprint density at radius 3 is 2.76 bits per heavy atom. The van der Waals surface area contributed by atoms with Gasteiger partial charge in [0.1, 0.15) is 17.3 Å². The number of piperazine rings is 1. The van der Waals surface area contributed by atoms with Gasteiger partial charge in [-0.15, -0.1) is 0 Å². The van der Waals surface area contributed by atoms with Crippen LogP contribution in [-0.4, -0.2) is 52.2 Å². The molecule has 8 nitrogen and oxygen atoms in total. The predicted molar refractivity (Wildman–Crippen MR) is 171 cm³/mol. The third-order valence-corrected chi connectivity index (χ3v) is 10.5.